The monoisotopic (exact) mass is 209 g/mol. The van der Waals surface area contributed by atoms with Crippen molar-refractivity contribution in [3.05, 3.63) is 0 Å². The van der Waals surface area contributed by atoms with Gasteiger partial charge in [-0.3, -0.25) is 0 Å². The highest BCUT2D eigenvalue weighted by Crippen LogP contribution is 2.42. The van der Waals surface area contributed by atoms with Crippen molar-refractivity contribution in [2.45, 2.75) is 77.3 Å². The molecule has 1 heteroatoms. The zero-order valence-corrected chi connectivity index (χ0v) is 10.7. The van der Waals surface area contributed by atoms with Crippen LogP contribution >= 0.6 is 0 Å². The van der Waals surface area contributed by atoms with Crippen LogP contribution in [0.5, 0.6) is 0 Å². The van der Waals surface area contributed by atoms with Crippen LogP contribution in [-0.2, 0) is 0 Å². The first-order valence-electron chi connectivity index (χ1n) is 6.96. The van der Waals surface area contributed by atoms with E-state index in [0.717, 1.165) is 17.9 Å². The molecule has 2 aliphatic rings. The van der Waals surface area contributed by atoms with Crippen molar-refractivity contribution in [2.24, 2.45) is 11.8 Å². The van der Waals surface area contributed by atoms with E-state index in [1.807, 2.05) is 0 Å². The molecule has 0 amide bonds. The van der Waals surface area contributed by atoms with Crippen LogP contribution in [0.3, 0.4) is 0 Å². The van der Waals surface area contributed by atoms with E-state index in [1.165, 1.54) is 44.9 Å². The smallest absolute Gasteiger partial charge is 0.0156 e. The maximum Gasteiger partial charge on any atom is 0.0156 e. The predicted octanol–water partition coefficient (Wildman–Crippen LogP) is 3.73. The molecule has 4 atom stereocenters. The molecule has 0 aromatic heterocycles. The fraction of sp³-hybridized carbons (Fsp3) is 1.00. The number of rotatable bonds is 2. The second kappa shape index (κ2) is 4.45. The second-order valence-corrected chi connectivity index (χ2v) is 5.99. The van der Waals surface area contributed by atoms with Crippen molar-refractivity contribution < 1.29 is 0 Å². The highest BCUT2D eigenvalue weighted by atomic mass is 15.0. The van der Waals surface area contributed by atoms with Gasteiger partial charge in [0.25, 0.3) is 0 Å². The van der Waals surface area contributed by atoms with E-state index in [0.29, 0.717) is 5.54 Å². The van der Waals surface area contributed by atoms with Crippen LogP contribution in [0.2, 0.25) is 0 Å². The Morgan fingerprint density at radius 1 is 1.20 bits per heavy atom. The third kappa shape index (κ3) is 2.22. The molecule has 2 rings (SSSR count). The lowest BCUT2D eigenvalue weighted by Crippen LogP contribution is -2.58. The molecule has 1 saturated carbocycles. The number of fused-ring (bicyclic) bond motifs is 1. The fourth-order valence-corrected chi connectivity index (χ4v) is 3.83. The van der Waals surface area contributed by atoms with Crippen molar-refractivity contribution in [1.82, 2.24) is 5.32 Å². The molecule has 0 radical (unpaired) electrons. The summed E-state index contributed by atoms with van der Waals surface area (Å²) in [5, 5.41) is 3.95. The van der Waals surface area contributed by atoms with Gasteiger partial charge in [-0.25, -0.2) is 0 Å². The Balaban J connectivity index is 2.10. The first kappa shape index (κ1) is 11.4. The van der Waals surface area contributed by atoms with Gasteiger partial charge in [0.15, 0.2) is 0 Å². The van der Waals surface area contributed by atoms with Crippen LogP contribution in [0.4, 0.5) is 0 Å². The summed E-state index contributed by atoms with van der Waals surface area (Å²) in [4.78, 5) is 0. The average molecular weight is 209 g/mol. The molecule has 1 saturated heterocycles. The van der Waals surface area contributed by atoms with Crippen molar-refractivity contribution in [2.75, 3.05) is 0 Å². The second-order valence-electron chi connectivity index (χ2n) is 5.99. The highest BCUT2D eigenvalue weighted by Gasteiger charge is 2.41. The van der Waals surface area contributed by atoms with Crippen molar-refractivity contribution >= 4 is 0 Å². The van der Waals surface area contributed by atoms with Crippen LogP contribution in [0.1, 0.15) is 65.7 Å². The van der Waals surface area contributed by atoms with Crippen LogP contribution in [-0.4, -0.2) is 11.6 Å². The van der Waals surface area contributed by atoms with Gasteiger partial charge in [-0.05, 0) is 44.4 Å². The van der Waals surface area contributed by atoms with Gasteiger partial charge in [0, 0.05) is 11.6 Å². The molecule has 1 aliphatic heterocycles. The third-order valence-electron chi connectivity index (χ3n) is 4.98. The van der Waals surface area contributed by atoms with Crippen LogP contribution in [0.15, 0.2) is 0 Å². The quantitative estimate of drug-likeness (QED) is 0.730. The first-order chi connectivity index (χ1) is 7.18. The Morgan fingerprint density at radius 2 is 1.93 bits per heavy atom. The molecule has 15 heavy (non-hydrogen) atoms. The minimum atomic E-state index is 0.430. The van der Waals surface area contributed by atoms with Crippen molar-refractivity contribution in [1.29, 1.82) is 0 Å². The van der Waals surface area contributed by atoms with Crippen LogP contribution < -0.4 is 5.32 Å². The third-order valence-corrected chi connectivity index (χ3v) is 4.98. The fourth-order valence-electron chi connectivity index (χ4n) is 3.83. The molecule has 1 aliphatic carbocycles. The molecule has 88 valence electrons. The Morgan fingerprint density at radius 3 is 2.60 bits per heavy atom. The van der Waals surface area contributed by atoms with Crippen molar-refractivity contribution in [3.8, 4) is 0 Å². The van der Waals surface area contributed by atoms with E-state index in [2.05, 4.69) is 26.1 Å². The molecule has 0 aromatic rings. The molecule has 0 bridgehead atoms. The molecule has 1 N–H and O–H groups in total. The first-order valence-corrected chi connectivity index (χ1v) is 6.96. The molecule has 1 heterocycles. The summed E-state index contributed by atoms with van der Waals surface area (Å²) in [6.45, 7) is 7.15. The van der Waals surface area contributed by atoms with E-state index in [-0.39, 0.29) is 0 Å². The minimum Gasteiger partial charge on any atom is -0.308 e. The van der Waals surface area contributed by atoms with Gasteiger partial charge in [0.05, 0.1) is 0 Å². The topological polar surface area (TPSA) is 12.0 Å². The summed E-state index contributed by atoms with van der Waals surface area (Å²) in [7, 11) is 0. The molecule has 2 fully saturated rings. The summed E-state index contributed by atoms with van der Waals surface area (Å²) in [6.07, 6.45) is 9.91. The van der Waals surface area contributed by atoms with Crippen molar-refractivity contribution in [3.63, 3.8) is 0 Å². The summed E-state index contributed by atoms with van der Waals surface area (Å²) in [5.41, 5.74) is 0.430. The van der Waals surface area contributed by atoms with E-state index >= 15 is 0 Å². The number of hydrogen-bond donors (Lipinski definition) is 1. The summed E-state index contributed by atoms with van der Waals surface area (Å²) >= 11 is 0. The van der Waals surface area contributed by atoms with E-state index in [1.54, 1.807) is 0 Å². The van der Waals surface area contributed by atoms with E-state index < -0.39 is 0 Å². The lowest BCUT2D eigenvalue weighted by molar-refractivity contribution is 0.0613. The minimum absolute atomic E-state index is 0.430. The van der Waals surface area contributed by atoms with Gasteiger partial charge in [-0.1, -0.05) is 33.1 Å². The zero-order chi connectivity index (χ0) is 10.9. The number of nitrogens with one attached hydrogen (secondary N) is 1. The number of hydrogen-bond acceptors (Lipinski definition) is 1. The van der Waals surface area contributed by atoms with E-state index in [9.17, 15) is 0 Å². The SMILES string of the molecule is CCC1CC(C)(CC)NC2CCCCC12. The molecule has 1 nitrogen and oxygen atoms in total. The summed E-state index contributed by atoms with van der Waals surface area (Å²) in [6, 6.07) is 0.836. The maximum atomic E-state index is 3.95. The maximum absolute atomic E-state index is 3.95. The molecule has 0 spiro atoms. The molecular weight excluding hydrogens is 182 g/mol. The van der Waals surface area contributed by atoms with Gasteiger partial charge in [0.1, 0.15) is 0 Å². The van der Waals surface area contributed by atoms with Gasteiger partial charge >= 0.3 is 0 Å². The van der Waals surface area contributed by atoms with Crippen LogP contribution in [0.25, 0.3) is 0 Å². The zero-order valence-electron chi connectivity index (χ0n) is 10.7. The summed E-state index contributed by atoms with van der Waals surface area (Å²) < 4.78 is 0. The van der Waals surface area contributed by atoms with Crippen LogP contribution in [0, 0.1) is 11.8 Å². The van der Waals surface area contributed by atoms with Gasteiger partial charge in [-0.15, -0.1) is 0 Å². The number of piperidine rings is 1. The molecule has 0 aromatic carbocycles. The van der Waals surface area contributed by atoms with Gasteiger partial charge < -0.3 is 5.32 Å². The van der Waals surface area contributed by atoms with E-state index in [4.69, 9.17) is 0 Å². The Bertz CT molecular complexity index is 203. The Kier molecular flexibility index (Phi) is 3.39. The Labute approximate surface area is 95.0 Å². The Hall–Kier alpha value is -0.0400. The lowest BCUT2D eigenvalue weighted by atomic mass is 9.66. The predicted molar refractivity (Wildman–Crippen MR) is 66.0 cm³/mol. The van der Waals surface area contributed by atoms with Gasteiger partial charge in [0.2, 0.25) is 0 Å². The average Bonchev–Trinajstić information content (AvgIpc) is 2.28. The molecular formula is C14H27N. The summed E-state index contributed by atoms with van der Waals surface area (Å²) in [5.74, 6) is 1.98. The largest absolute Gasteiger partial charge is 0.308 e. The lowest BCUT2D eigenvalue weighted by Gasteiger charge is -2.50. The highest BCUT2D eigenvalue weighted by molar-refractivity contribution is 4.99. The van der Waals surface area contributed by atoms with Gasteiger partial charge in [-0.2, -0.15) is 0 Å². The molecule has 4 unspecified atom stereocenters. The normalized spacial score (nSPS) is 46.2. The standard InChI is InChI=1S/C14H27N/c1-4-11-10-14(3,5-2)15-13-9-7-6-8-12(11)13/h11-13,15H,4-10H2,1-3H3.